The molecule has 0 atom stereocenters. The van der Waals surface area contributed by atoms with Gasteiger partial charge in [-0.2, -0.15) is 0 Å². The van der Waals surface area contributed by atoms with Crippen molar-refractivity contribution in [2.75, 3.05) is 20.8 Å². The highest BCUT2D eigenvalue weighted by molar-refractivity contribution is 6.04. The Morgan fingerprint density at radius 2 is 1.29 bits per heavy atom. The van der Waals surface area contributed by atoms with Gasteiger partial charge in [-0.25, -0.2) is 14.3 Å². The SMILES string of the molecule is CCCCCCCCCCCCCCOc1ccc(COC(=O)N(Cc2cc[n+](CCC)cc2)C(=O)c2ccccc2OC)cc1OC. The second-order valence-corrected chi connectivity index (χ2v) is 12.3. The number of pyridine rings is 1. The monoisotopic (exact) mass is 661 g/mol. The average molecular weight is 662 g/mol. The van der Waals surface area contributed by atoms with E-state index in [1.165, 1.54) is 71.3 Å². The fourth-order valence-electron chi connectivity index (χ4n) is 5.64. The number of ether oxygens (including phenoxy) is 4. The smallest absolute Gasteiger partial charge is 0.417 e. The van der Waals surface area contributed by atoms with Crippen LogP contribution in [0.4, 0.5) is 4.79 Å². The van der Waals surface area contributed by atoms with Crippen LogP contribution in [0.15, 0.2) is 67.0 Å². The van der Waals surface area contributed by atoms with Crippen molar-refractivity contribution in [2.24, 2.45) is 0 Å². The lowest BCUT2D eigenvalue weighted by Crippen LogP contribution is -2.37. The van der Waals surface area contributed by atoms with Crippen LogP contribution in [0, 0.1) is 0 Å². The van der Waals surface area contributed by atoms with Gasteiger partial charge in [-0.15, -0.1) is 0 Å². The summed E-state index contributed by atoms with van der Waals surface area (Å²) < 4.78 is 24.8. The molecule has 3 rings (SSSR count). The summed E-state index contributed by atoms with van der Waals surface area (Å²) in [6, 6.07) is 16.2. The van der Waals surface area contributed by atoms with Crippen LogP contribution in [-0.4, -0.2) is 37.7 Å². The van der Waals surface area contributed by atoms with E-state index in [-0.39, 0.29) is 18.7 Å². The number of carbonyl (C=O) groups excluding carboxylic acids is 2. The zero-order valence-corrected chi connectivity index (χ0v) is 29.7. The first-order valence-electron chi connectivity index (χ1n) is 17.9. The lowest BCUT2D eigenvalue weighted by atomic mass is 10.1. The van der Waals surface area contributed by atoms with Gasteiger partial charge in [0.15, 0.2) is 23.9 Å². The molecule has 262 valence electrons. The maximum absolute atomic E-state index is 13.7. The number of hydrogen-bond donors (Lipinski definition) is 0. The number of imide groups is 1. The van der Waals surface area contributed by atoms with Gasteiger partial charge in [0.1, 0.15) is 18.9 Å². The third-order valence-corrected chi connectivity index (χ3v) is 8.43. The number of hydrogen-bond acceptors (Lipinski definition) is 6. The third-order valence-electron chi connectivity index (χ3n) is 8.43. The molecule has 0 saturated carbocycles. The molecule has 1 heterocycles. The van der Waals surface area contributed by atoms with E-state index in [2.05, 4.69) is 18.4 Å². The van der Waals surface area contributed by atoms with E-state index in [9.17, 15) is 9.59 Å². The molecule has 0 bridgehead atoms. The minimum absolute atomic E-state index is 0.0325. The minimum Gasteiger partial charge on any atom is -0.496 e. The lowest BCUT2D eigenvalue weighted by molar-refractivity contribution is -0.697. The predicted octanol–water partition coefficient (Wildman–Crippen LogP) is 9.46. The Labute approximate surface area is 288 Å². The summed E-state index contributed by atoms with van der Waals surface area (Å²) in [5.41, 5.74) is 1.81. The number of methoxy groups -OCH3 is 2. The Hall–Kier alpha value is -4.07. The van der Waals surface area contributed by atoms with E-state index in [1.807, 2.05) is 36.7 Å². The lowest BCUT2D eigenvalue weighted by Gasteiger charge is -2.21. The van der Waals surface area contributed by atoms with Crippen molar-refractivity contribution in [3.63, 3.8) is 0 Å². The number of aryl methyl sites for hydroxylation is 1. The molecule has 0 N–H and O–H groups in total. The van der Waals surface area contributed by atoms with Gasteiger partial charge < -0.3 is 18.9 Å². The zero-order valence-electron chi connectivity index (χ0n) is 29.7. The Morgan fingerprint density at radius 3 is 1.92 bits per heavy atom. The van der Waals surface area contributed by atoms with E-state index in [4.69, 9.17) is 18.9 Å². The van der Waals surface area contributed by atoms with Crippen molar-refractivity contribution in [2.45, 2.75) is 117 Å². The largest absolute Gasteiger partial charge is 0.496 e. The minimum atomic E-state index is -0.748. The highest BCUT2D eigenvalue weighted by Crippen LogP contribution is 2.29. The Morgan fingerprint density at radius 1 is 0.667 bits per heavy atom. The molecular formula is C40H57N2O6+. The number of aromatic nitrogens is 1. The summed E-state index contributed by atoms with van der Waals surface area (Å²) in [4.78, 5) is 28.2. The number of rotatable bonds is 23. The van der Waals surface area contributed by atoms with Crippen LogP contribution in [0.25, 0.3) is 0 Å². The van der Waals surface area contributed by atoms with Crippen LogP contribution >= 0.6 is 0 Å². The second-order valence-electron chi connectivity index (χ2n) is 12.3. The molecule has 1 aromatic heterocycles. The average Bonchev–Trinajstić information content (AvgIpc) is 3.12. The quantitative estimate of drug-likeness (QED) is 0.0744. The molecular weight excluding hydrogens is 604 g/mol. The molecule has 0 unspecified atom stereocenters. The molecule has 48 heavy (non-hydrogen) atoms. The van der Waals surface area contributed by atoms with Crippen molar-refractivity contribution < 1.29 is 33.1 Å². The molecule has 3 aromatic rings. The van der Waals surface area contributed by atoms with E-state index < -0.39 is 12.0 Å². The van der Waals surface area contributed by atoms with Gasteiger partial charge in [-0.3, -0.25) is 4.79 Å². The van der Waals surface area contributed by atoms with Gasteiger partial charge >= 0.3 is 6.09 Å². The van der Waals surface area contributed by atoms with E-state index >= 15 is 0 Å². The van der Waals surface area contributed by atoms with Crippen LogP contribution in [0.3, 0.4) is 0 Å². The summed E-state index contributed by atoms with van der Waals surface area (Å²) in [7, 11) is 3.09. The summed E-state index contributed by atoms with van der Waals surface area (Å²) >= 11 is 0. The van der Waals surface area contributed by atoms with Crippen LogP contribution in [0.2, 0.25) is 0 Å². The Bertz CT molecular complexity index is 1360. The van der Waals surface area contributed by atoms with Crippen molar-refractivity contribution in [3.8, 4) is 17.2 Å². The first-order valence-corrected chi connectivity index (χ1v) is 17.9. The van der Waals surface area contributed by atoms with Crippen LogP contribution in [-0.2, 0) is 24.4 Å². The van der Waals surface area contributed by atoms with Crippen LogP contribution in [0.1, 0.15) is 119 Å². The van der Waals surface area contributed by atoms with E-state index in [0.717, 1.165) is 41.8 Å². The number of benzene rings is 2. The maximum Gasteiger partial charge on any atom is 0.417 e. The van der Waals surface area contributed by atoms with Gasteiger partial charge in [-0.1, -0.05) is 103 Å². The highest BCUT2D eigenvalue weighted by atomic mass is 16.6. The van der Waals surface area contributed by atoms with Gasteiger partial charge in [0.2, 0.25) is 0 Å². The first-order chi connectivity index (χ1) is 23.5. The molecule has 0 saturated heterocycles. The molecule has 0 fully saturated rings. The number of para-hydroxylation sites is 1. The molecule has 0 aliphatic carbocycles. The van der Waals surface area contributed by atoms with Crippen molar-refractivity contribution in [1.29, 1.82) is 0 Å². The maximum atomic E-state index is 13.7. The summed E-state index contributed by atoms with van der Waals surface area (Å²) in [6.45, 7) is 5.91. The topological polar surface area (TPSA) is 78.2 Å². The van der Waals surface area contributed by atoms with Gasteiger partial charge in [0.25, 0.3) is 5.91 Å². The van der Waals surface area contributed by atoms with Crippen molar-refractivity contribution in [1.82, 2.24) is 4.90 Å². The molecule has 0 aliphatic heterocycles. The molecule has 0 radical (unpaired) electrons. The van der Waals surface area contributed by atoms with Gasteiger partial charge in [0, 0.05) is 18.6 Å². The summed E-state index contributed by atoms with van der Waals surface area (Å²) in [5, 5.41) is 0. The molecule has 0 spiro atoms. The summed E-state index contributed by atoms with van der Waals surface area (Å²) in [5.74, 6) is 1.13. The van der Waals surface area contributed by atoms with Crippen LogP contribution in [0.5, 0.6) is 17.2 Å². The highest BCUT2D eigenvalue weighted by Gasteiger charge is 2.27. The van der Waals surface area contributed by atoms with Crippen LogP contribution < -0.4 is 18.8 Å². The summed E-state index contributed by atoms with van der Waals surface area (Å²) in [6.07, 6.45) is 19.7. The first kappa shape index (κ1) is 38.4. The number of amides is 2. The number of carbonyl (C=O) groups is 2. The van der Waals surface area contributed by atoms with Gasteiger partial charge in [-0.05, 0) is 41.8 Å². The second kappa shape index (κ2) is 22.5. The molecule has 2 aromatic carbocycles. The zero-order chi connectivity index (χ0) is 34.4. The molecule has 8 heteroatoms. The predicted molar refractivity (Wildman–Crippen MR) is 190 cm³/mol. The van der Waals surface area contributed by atoms with Crippen molar-refractivity contribution in [3.05, 3.63) is 83.7 Å². The Kier molecular flexibility index (Phi) is 18.0. The standard InChI is InChI=1S/C40H57N2O6/c1-5-7-8-9-10-11-12-13-14-15-16-19-29-47-37-23-22-34(30-38(37)46-4)32-48-40(44)42(31-33-24-27-41(26-6-2)28-25-33)39(43)35-20-17-18-21-36(35)45-3/h17-18,20-25,27-28,30H,5-16,19,26,29,31-32H2,1-4H3/q+1. The molecule has 8 nitrogen and oxygen atoms in total. The van der Waals surface area contributed by atoms with Crippen molar-refractivity contribution >= 4 is 12.0 Å². The van der Waals surface area contributed by atoms with E-state index in [1.54, 1.807) is 37.4 Å². The van der Waals surface area contributed by atoms with E-state index in [0.29, 0.717) is 23.9 Å². The van der Waals surface area contributed by atoms with Gasteiger partial charge in [0.05, 0.1) is 32.9 Å². The number of nitrogens with zero attached hydrogens (tertiary/aromatic N) is 2. The normalized spacial score (nSPS) is 10.8. The Balaban J connectivity index is 1.51. The fraction of sp³-hybridized carbons (Fsp3) is 0.525. The molecule has 2 amide bonds. The number of unbranched alkanes of at least 4 members (excludes halogenated alkanes) is 11. The fourth-order valence-corrected chi connectivity index (χ4v) is 5.64. The molecule has 0 aliphatic rings. The third kappa shape index (κ3) is 13.2.